The molecule has 0 bridgehead atoms. The van der Waals surface area contributed by atoms with E-state index >= 15 is 0 Å². The van der Waals surface area contributed by atoms with Crippen molar-refractivity contribution >= 4 is 51.2 Å². The minimum atomic E-state index is -0.824. The van der Waals surface area contributed by atoms with Crippen LogP contribution in [0.1, 0.15) is 29.8 Å². The molecule has 0 radical (unpaired) electrons. The molecule has 0 spiro atoms. The molecule has 4 aromatic rings. The van der Waals surface area contributed by atoms with E-state index in [1.807, 2.05) is 31.2 Å². The van der Waals surface area contributed by atoms with Crippen LogP contribution in [0.5, 0.6) is 0 Å². The maximum atomic E-state index is 11.6. The second kappa shape index (κ2) is 9.51. The number of Topliss-reactive ketones (excluding diaryl/α,β-unsaturated/α-hetero) is 1. The van der Waals surface area contributed by atoms with E-state index in [4.69, 9.17) is 0 Å². The van der Waals surface area contributed by atoms with Crippen molar-refractivity contribution in [2.24, 2.45) is 0 Å². The Bertz CT molecular complexity index is 1470. The Morgan fingerprint density at radius 2 is 1.37 bits per heavy atom. The normalized spacial score (nSPS) is 10.7. The van der Waals surface area contributed by atoms with Crippen LogP contribution in [-0.4, -0.2) is 25.6 Å². The molecule has 2 N–H and O–H groups in total. The zero-order valence-corrected chi connectivity index (χ0v) is 18.8. The molecule has 1 heterocycles. The minimum absolute atomic E-state index is 0.0749. The van der Waals surface area contributed by atoms with Gasteiger partial charge in [0.05, 0.1) is 33.0 Å². The van der Waals surface area contributed by atoms with Crippen LogP contribution in [0.2, 0.25) is 0 Å². The van der Waals surface area contributed by atoms with Gasteiger partial charge in [-0.2, -0.15) is 0 Å². The SMILES string of the molecule is CCc1cccc(Nc2nc3cc([N+](=O)[O-])c([N+](=O)[O-])cc3nc2Nc2ccc(C(C)=O)cc2)c1. The van der Waals surface area contributed by atoms with Crippen molar-refractivity contribution in [3.8, 4) is 0 Å². The lowest BCUT2D eigenvalue weighted by Crippen LogP contribution is -2.05. The number of carbonyl (C=O) groups is 1. The molecule has 11 nitrogen and oxygen atoms in total. The fourth-order valence-electron chi connectivity index (χ4n) is 3.48. The first kappa shape index (κ1) is 23.2. The van der Waals surface area contributed by atoms with Gasteiger partial charge in [-0.1, -0.05) is 19.1 Å². The van der Waals surface area contributed by atoms with E-state index in [0.29, 0.717) is 11.3 Å². The van der Waals surface area contributed by atoms with Gasteiger partial charge in [0.25, 0.3) is 0 Å². The first-order valence-electron chi connectivity index (χ1n) is 10.6. The van der Waals surface area contributed by atoms with Gasteiger partial charge in [-0.05, 0) is 55.3 Å². The van der Waals surface area contributed by atoms with Crippen molar-refractivity contribution in [3.05, 3.63) is 92.0 Å². The number of hydrogen-bond donors (Lipinski definition) is 2. The quantitative estimate of drug-likeness (QED) is 0.187. The molecule has 35 heavy (non-hydrogen) atoms. The number of hydrogen-bond acceptors (Lipinski definition) is 9. The number of aryl methyl sites for hydroxylation is 1. The summed E-state index contributed by atoms with van der Waals surface area (Å²) in [6.07, 6.45) is 0.822. The zero-order valence-electron chi connectivity index (χ0n) is 18.8. The summed E-state index contributed by atoms with van der Waals surface area (Å²) in [5.74, 6) is 0.441. The summed E-state index contributed by atoms with van der Waals surface area (Å²) in [7, 11) is 0. The molecule has 0 saturated carbocycles. The number of anilines is 4. The van der Waals surface area contributed by atoms with Crippen LogP contribution in [0.15, 0.2) is 60.7 Å². The van der Waals surface area contributed by atoms with E-state index in [-0.39, 0.29) is 28.5 Å². The number of nitrogens with one attached hydrogen (secondary N) is 2. The predicted molar refractivity (Wildman–Crippen MR) is 132 cm³/mol. The molecule has 176 valence electrons. The molecular weight excluding hydrogens is 452 g/mol. The third-order valence-electron chi connectivity index (χ3n) is 5.31. The highest BCUT2D eigenvalue weighted by atomic mass is 16.6. The molecule has 1 aromatic heterocycles. The van der Waals surface area contributed by atoms with Gasteiger partial charge in [0.15, 0.2) is 17.4 Å². The van der Waals surface area contributed by atoms with Crippen molar-refractivity contribution in [1.29, 1.82) is 0 Å². The molecule has 0 amide bonds. The lowest BCUT2D eigenvalue weighted by Gasteiger charge is -2.14. The Kier molecular flexibility index (Phi) is 6.32. The Morgan fingerprint density at radius 3 is 1.86 bits per heavy atom. The Balaban J connectivity index is 1.85. The highest BCUT2D eigenvalue weighted by molar-refractivity contribution is 5.94. The standard InChI is InChI=1S/C24H20N6O5/c1-3-15-5-4-6-18(11-15)26-24-23(25-17-9-7-16(8-10-17)14(2)31)27-19-12-21(29(32)33)22(30(34)35)13-20(19)28-24/h4-13H,3H2,1-2H3,(H,25,27)(H,26,28). The molecular formula is C24H20N6O5. The number of carbonyl (C=O) groups excluding carboxylic acids is 1. The molecule has 0 aliphatic rings. The van der Waals surface area contributed by atoms with E-state index < -0.39 is 21.2 Å². The topological polar surface area (TPSA) is 153 Å². The molecule has 0 aliphatic carbocycles. The first-order chi connectivity index (χ1) is 16.7. The predicted octanol–water partition coefficient (Wildman–Crippen LogP) is 5.70. The monoisotopic (exact) mass is 472 g/mol. The summed E-state index contributed by atoms with van der Waals surface area (Å²) in [6.45, 7) is 3.49. The molecule has 0 saturated heterocycles. The molecule has 11 heteroatoms. The summed E-state index contributed by atoms with van der Waals surface area (Å²) in [4.78, 5) is 41.7. The van der Waals surface area contributed by atoms with E-state index in [9.17, 15) is 25.0 Å². The molecule has 0 fully saturated rings. The van der Waals surface area contributed by atoms with Crippen LogP contribution in [0.25, 0.3) is 11.0 Å². The lowest BCUT2D eigenvalue weighted by atomic mass is 10.1. The van der Waals surface area contributed by atoms with Gasteiger partial charge in [-0.3, -0.25) is 25.0 Å². The molecule has 0 aliphatic heterocycles. The Labute approximate surface area is 199 Å². The van der Waals surface area contributed by atoms with E-state index in [0.717, 1.165) is 29.8 Å². The van der Waals surface area contributed by atoms with Gasteiger partial charge >= 0.3 is 11.4 Å². The van der Waals surface area contributed by atoms with Crippen LogP contribution < -0.4 is 10.6 Å². The highest BCUT2D eigenvalue weighted by Gasteiger charge is 2.26. The third kappa shape index (κ3) is 5.03. The smallest absolute Gasteiger partial charge is 0.337 e. The van der Waals surface area contributed by atoms with Crippen LogP contribution in [0, 0.1) is 20.2 Å². The number of aromatic nitrogens is 2. The van der Waals surface area contributed by atoms with Crippen LogP contribution in [0.3, 0.4) is 0 Å². The van der Waals surface area contributed by atoms with Crippen molar-refractivity contribution in [2.45, 2.75) is 20.3 Å². The zero-order chi connectivity index (χ0) is 25.1. The maximum Gasteiger partial charge on any atom is 0.348 e. The van der Waals surface area contributed by atoms with Gasteiger partial charge in [-0.25, -0.2) is 9.97 Å². The average Bonchev–Trinajstić information content (AvgIpc) is 2.84. The van der Waals surface area contributed by atoms with Crippen molar-refractivity contribution in [2.75, 3.05) is 10.6 Å². The maximum absolute atomic E-state index is 11.6. The van der Waals surface area contributed by atoms with Gasteiger partial charge in [-0.15, -0.1) is 0 Å². The number of benzene rings is 3. The van der Waals surface area contributed by atoms with Crippen LogP contribution >= 0.6 is 0 Å². The summed E-state index contributed by atoms with van der Waals surface area (Å²) in [6, 6.07) is 16.4. The second-order valence-corrected chi connectivity index (χ2v) is 7.70. The van der Waals surface area contributed by atoms with Gasteiger partial charge in [0.1, 0.15) is 0 Å². The van der Waals surface area contributed by atoms with E-state index in [2.05, 4.69) is 20.6 Å². The number of rotatable bonds is 8. The summed E-state index contributed by atoms with van der Waals surface area (Å²) in [5, 5.41) is 29.1. The van der Waals surface area contributed by atoms with E-state index in [1.165, 1.54) is 6.92 Å². The minimum Gasteiger partial charge on any atom is -0.337 e. The van der Waals surface area contributed by atoms with Crippen LogP contribution in [-0.2, 0) is 6.42 Å². The molecule has 3 aromatic carbocycles. The summed E-state index contributed by atoms with van der Waals surface area (Å²) in [5.41, 5.74) is 1.84. The van der Waals surface area contributed by atoms with Crippen LogP contribution in [0.4, 0.5) is 34.4 Å². The van der Waals surface area contributed by atoms with Gasteiger partial charge < -0.3 is 10.6 Å². The Hall–Kier alpha value is -4.93. The average molecular weight is 472 g/mol. The number of nitro groups is 2. The van der Waals surface area contributed by atoms with Crippen molar-refractivity contribution in [3.63, 3.8) is 0 Å². The molecule has 0 atom stereocenters. The molecule has 0 unspecified atom stereocenters. The third-order valence-corrected chi connectivity index (χ3v) is 5.31. The van der Waals surface area contributed by atoms with Gasteiger partial charge in [0, 0.05) is 16.9 Å². The fourth-order valence-corrected chi connectivity index (χ4v) is 3.48. The number of ketones is 1. The second-order valence-electron chi connectivity index (χ2n) is 7.70. The largest absolute Gasteiger partial charge is 0.348 e. The number of nitrogens with zero attached hydrogens (tertiary/aromatic N) is 4. The van der Waals surface area contributed by atoms with Crippen molar-refractivity contribution < 1.29 is 14.6 Å². The number of fused-ring (bicyclic) bond motifs is 1. The summed E-state index contributed by atoms with van der Waals surface area (Å²) >= 11 is 0. The molecule has 4 rings (SSSR count). The van der Waals surface area contributed by atoms with Crippen molar-refractivity contribution in [1.82, 2.24) is 9.97 Å². The van der Waals surface area contributed by atoms with Gasteiger partial charge in [0.2, 0.25) is 0 Å². The lowest BCUT2D eigenvalue weighted by molar-refractivity contribution is -0.422. The first-order valence-corrected chi connectivity index (χ1v) is 10.6. The van der Waals surface area contributed by atoms with E-state index in [1.54, 1.807) is 24.3 Å². The fraction of sp³-hybridized carbons (Fsp3) is 0.125. The number of nitro benzene ring substituents is 2. The summed E-state index contributed by atoms with van der Waals surface area (Å²) < 4.78 is 0. The Morgan fingerprint density at radius 1 is 0.829 bits per heavy atom. The highest BCUT2D eigenvalue weighted by Crippen LogP contribution is 2.34.